The van der Waals surface area contributed by atoms with Gasteiger partial charge in [-0.1, -0.05) is 78.9 Å². The highest BCUT2D eigenvalue weighted by atomic mass is 15.1. The van der Waals surface area contributed by atoms with Crippen LogP contribution in [-0.2, 0) is 6.54 Å². The van der Waals surface area contributed by atoms with Crippen LogP contribution in [-0.4, -0.2) is 18.0 Å². The van der Waals surface area contributed by atoms with Crippen molar-refractivity contribution < 1.29 is 0 Å². The summed E-state index contributed by atoms with van der Waals surface area (Å²) in [6.07, 6.45) is 2.34. The summed E-state index contributed by atoms with van der Waals surface area (Å²) in [6.45, 7) is 3.31. The predicted molar refractivity (Wildman–Crippen MR) is 113 cm³/mol. The maximum absolute atomic E-state index is 6.70. The number of hydrogen-bond acceptors (Lipinski definition) is 2. The number of rotatable bonds is 5. The highest BCUT2D eigenvalue weighted by Gasteiger charge is 2.25. The van der Waals surface area contributed by atoms with Gasteiger partial charge in [0.25, 0.3) is 0 Å². The molecule has 2 heteroatoms. The summed E-state index contributed by atoms with van der Waals surface area (Å²) in [5.74, 6) is 0.558. The first-order valence-corrected chi connectivity index (χ1v) is 9.97. The molecule has 1 heterocycles. The van der Waals surface area contributed by atoms with Crippen LogP contribution in [0.25, 0.3) is 11.1 Å². The number of piperidine rings is 1. The van der Waals surface area contributed by atoms with Gasteiger partial charge in [-0.3, -0.25) is 4.90 Å². The minimum atomic E-state index is 0.118. The minimum Gasteiger partial charge on any atom is -0.324 e. The van der Waals surface area contributed by atoms with Gasteiger partial charge in [-0.05, 0) is 60.2 Å². The second-order valence-corrected chi connectivity index (χ2v) is 7.62. The summed E-state index contributed by atoms with van der Waals surface area (Å²) < 4.78 is 0. The van der Waals surface area contributed by atoms with Gasteiger partial charge in [0.05, 0.1) is 0 Å². The molecule has 0 radical (unpaired) electrons. The van der Waals surface area contributed by atoms with Crippen LogP contribution < -0.4 is 5.73 Å². The van der Waals surface area contributed by atoms with Gasteiger partial charge in [-0.2, -0.15) is 0 Å². The maximum Gasteiger partial charge on any atom is 0.0324 e. The molecule has 1 unspecified atom stereocenters. The molecule has 0 spiro atoms. The van der Waals surface area contributed by atoms with Gasteiger partial charge in [0.2, 0.25) is 0 Å². The molecule has 1 aliphatic rings. The second-order valence-electron chi connectivity index (χ2n) is 7.62. The Morgan fingerprint density at radius 2 is 1.41 bits per heavy atom. The van der Waals surface area contributed by atoms with Crippen LogP contribution >= 0.6 is 0 Å². The van der Waals surface area contributed by atoms with Gasteiger partial charge in [-0.25, -0.2) is 0 Å². The molecule has 27 heavy (non-hydrogen) atoms. The SMILES string of the molecule is NC(c1cccc(-c2ccccc2)c1)C1CCN(Cc2ccccc2)CC1. The van der Waals surface area contributed by atoms with E-state index in [4.69, 9.17) is 5.73 Å². The fraction of sp³-hybridized carbons (Fsp3) is 0.280. The normalized spacial score (nSPS) is 16.9. The number of hydrogen-bond donors (Lipinski definition) is 1. The van der Waals surface area contributed by atoms with E-state index in [0.29, 0.717) is 5.92 Å². The summed E-state index contributed by atoms with van der Waals surface area (Å²) in [7, 11) is 0. The standard InChI is InChI=1S/C25H28N2/c26-25(24-13-7-12-23(18-24)21-10-5-2-6-11-21)22-14-16-27(17-15-22)19-20-8-3-1-4-9-20/h1-13,18,22,25H,14-17,19,26H2. The van der Waals surface area contributed by atoms with E-state index in [9.17, 15) is 0 Å². The Morgan fingerprint density at radius 1 is 0.778 bits per heavy atom. The van der Waals surface area contributed by atoms with E-state index in [1.54, 1.807) is 0 Å². The quantitative estimate of drug-likeness (QED) is 0.675. The molecule has 1 saturated heterocycles. The smallest absolute Gasteiger partial charge is 0.0324 e. The monoisotopic (exact) mass is 356 g/mol. The Morgan fingerprint density at radius 3 is 2.11 bits per heavy atom. The van der Waals surface area contributed by atoms with Crippen LogP contribution in [0.15, 0.2) is 84.9 Å². The average molecular weight is 357 g/mol. The Kier molecular flexibility index (Phi) is 5.66. The molecule has 1 fully saturated rings. The van der Waals surface area contributed by atoms with Gasteiger partial charge in [0.15, 0.2) is 0 Å². The van der Waals surface area contributed by atoms with E-state index in [0.717, 1.165) is 19.6 Å². The van der Waals surface area contributed by atoms with Crippen molar-refractivity contribution in [3.8, 4) is 11.1 Å². The summed E-state index contributed by atoms with van der Waals surface area (Å²) in [5.41, 5.74) is 11.9. The number of likely N-dealkylation sites (tertiary alicyclic amines) is 1. The molecule has 0 amide bonds. The summed E-state index contributed by atoms with van der Waals surface area (Å²) in [5, 5.41) is 0. The van der Waals surface area contributed by atoms with E-state index in [-0.39, 0.29) is 6.04 Å². The Hall–Kier alpha value is -2.42. The van der Waals surface area contributed by atoms with E-state index in [2.05, 4.69) is 89.8 Å². The minimum absolute atomic E-state index is 0.118. The van der Waals surface area contributed by atoms with Gasteiger partial charge < -0.3 is 5.73 Å². The highest BCUT2D eigenvalue weighted by Crippen LogP contribution is 2.31. The van der Waals surface area contributed by atoms with E-state index >= 15 is 0 Å². The van der Waals surface area contributed by atoms with Gasteiger partial charge in [0, 0.05) is 12.6 Å². The average Bonchev–Trinajstić information content (AvgIpc) is 2.75. The molecular weight excluding hydrogens is 328 g/mol. The van der Waals surface area contributed by atoms with Crippen molar-refractivity contribution in [2.75, 3.05) is 13.1 Å². The molecule has 1 atom stereocenters. The first-order chi connectivity index (χ1) is 13.3. The lowest BCUT2D eigenvalue weighted by molar-refractivity contribution is 0.162. The number of nitrogens with zero attached hydrogens (tertiary/aromatic N) is 1. The van der Waals surface area contributed by atoms with Crippen LogP contribution in [0.4, 0.5) is 0 Å². The van der Waals surface area contributed by atoms with Crippen molar-refractivity contribution in [1.82, 2.24) is 4.90 Å². The van der Waals surface area contributed by atoms with Crippen molar-refractivity contribution in [2.24, 2.45) is 11.7 Å². The Bertz CT molecular complexity index is 836. The zero-order valence-electron chi connectivity index (χ0n) is 15.8. The molecule has 1 aliphatic heterocycles. The third kappa shape index (κ3) is 4.47. The van der Waals surface area contributed by atoms with E-state index in [1.807, 2.05) is 0 Å². The molecule has 0 bridgehead atoms. The molecule has 2 nitrogen and oxygen atoms in total. The fourth-order valence-electron chi connectivity index (χ4n) is 4.14. The fourth-order valence-corrected chi connectivity index (χ4v) is 4.14. The molecule has 3 aromatic carbocycles. The first-order valence-electron chi connectivity index (χ1n) is 9.97. The lowest BCUT2D eigenvalue weighted by atomic mass is 9.85. The lowest BCUT2D eigenvalue weighted by Gasteiger charge is -2.35. The Labute approximate surface area is 162 Å². The zero-order chi connectivity index (χ0) is 18.5. The van der Waals surface area contributed by atoms with Crippen LogP contribution in [0.1, 0.15) is 30.0 Å². The number of nitrogens with two attached hydrogens (primary N) is 1. The van der Waals surface area contributed by atoms with Crippen molar-refractivity contribution in [1.29, 1.82) is 0 Å². The highest BCUT2D eigenvalue weighted by molar-refractivity contribution is 5.64. The largest absolute Gasteiger partial charge is 0.324 e. The molecule has 0 aromatic heterocycles. The summed E-state index contributed by atoms with van der Waals surface area (Å²) >= 11 is 0. The molecule has 2 N–H and O–H groups in total. The Balaban J connectivity index is 1.39. The summed E-state index contributed by atoms with van der Waals surface area (Å²) in [6, 6.07) is 30.2. The van der Waals surface area contributed by atoms with Crippen LogP contribution in [0.3, 0.4) is 0 Å². The van der Waals surface area contributed by atoms with Crippen LogP contribution in [0.5, 0.6) is 0 Å². The van der Waals surface area contributed by atoms with Crippen molar-refractivity contribution in [3.05, 3.63) is 96.1 Å². The third-order valence-electron chi connectivity index (χ3n) is 5.77. The molecule has 3 aromatic rings. The predicted octanol–water partition coefficient (Wildman–Crippen LogP) is 5.27. The van der Waals surface area contributed by atoms with Crippen LogP contribution in [0.2, 0.25) is 0 Å². The van der Waals surface area contributed by atoms with Gasteiger partial charge in [-0.15, -0.1) is 0 Å². The second kappa shape index (κ2) is 8.51. The van der Waals surface area contributed by atoms with Crippen LogP contribution in [0, 0.1) is 5.92 Å². The van der Waals surface area contributed by atoms with Gasteiger partial charge >= 0.3 is 0 Å². The zero-order valence-corrected chi connectivity index (χ0v) is 15.8. The van der Waals surface area contributed by atoms with E-state index in [1.165, 1.54) is 35.1 Å². The molecule has 0 aliphatic carbocycles. The summed E-state index contributed by atoms with van der Waals surface area (Å²) in [4.78, 5) is 2.55. The van der Waals surface area contributed by atoms with Crippen molar-refractivity contribution in [3.63, 3.8) is 0 Å². The lowest BCUT2D eigenvalue weighted by Crippen LogP contribution is -2.37. The number of benzene rings is 3. The molecule has 0 saturated carbocycles. The molecular formula is C25H28N2. The molecule has 4 rings (SSSR count). The molecule has 138 valence electrons. The van der Waals surface area contributed by atoms with Crippen molar-refractivity contribution >= 4 is 0 Å². The van der Waals surface area contributed by atoms with Crippen molar-refractivity contribution in [2.45, 2.75) is 25.4 Å². The first kappa shape index (κ1) is 18.0. The third-order valence-corrected chi connectivity index (χ3v) is 5.77. The van der Waals surface area contributed by atoms with E-state index < -0.39 is 0 Å². The van der Waals surface area contributed by atoms with Gasteiger partial charge in [0.1, 0.15) is 0 Å². The topological polar surface area (TPSA) is 29.3 Å². The maximum atomic E-state index is 6.70.